The lowest BCUT2D eigenvalue weighted by molar-refractivity contribution is -0.134. The molecule has 30 heavy (non-hydrogen) atoms. The van der Waals surface area contributed by atoms with Gasteiger partial charge in [0.2, 0.25) is 0 Å². The number of benzene rings is 2. The Morgan fingerprint density at radius 1 is 0.933 bits per heavy atom. The van der Waals surface area contributed by atoms with Gasteiger partial charge in [0.25, 0.3) is 5.91 Å². The third-order valence-electron chi connectivity index (χ3n) is 5.90. The van der Waals surface area contributed by atoms with Gasteiger partial charge in [0.05, 0.1) is 32.5 Å². The molecule has 2 aromatic carbocycles. The Bertz CT molecular complexity index is 887. The molecule has 6 nitrogen and oxygen atoms in total. The first-order valence-electron chi connectivity index (χ1n) is 10.6. The Kier molecular flexibility index (Phi) is 6.33. The van der Waals surface area contributed by atoms with Crippen molar-refractivity contribution >= 4 is 11.6 Å². The van der Waals surface area contributed by atoms with Crippen molar-refractivity contribution in [2.24, 2.45) is 5.10 Å². The van der Waals surface area contributed by atoms with Crippen molar-refractivity contribution in [2.45, 2.75) is 31.7 Å². The second kappa shape index (κ2) is 9.30. The van der Waals surface area contributed by atoms with Gasteiger partial charge in [-0.15, -0.1) is 0 Å². The molecule has 0 saturated carbocycles. The van der Waals surface area contributed by atoms with Crippen molar-refractivity contribution in [3.8, 4) is 11.5 Å². The average Bonchev–Trinajstić information content (AvgIpc) is 3.25. The van der Waals surface area contributed by atoms with Crippen LogP contribution >= 0.6 is 0 Å². The highest BCUT2D eigenvalue weighted by Gasteiger charge is 2.33. The van der Waals surface area contributed by atoms with Crippen molar-refractivity contribution in [2.75, 3.05) is 33.9 Å². The Labute approximate surface area is 178 Å². The normalized spacial score (nSPS) is 19.5. The number of hydrazone groups is 1. The highest BCUT2D eigenvalue weighted by Crippen LogP contribution is 2.34. The van der Waals surface area contributed by atoms with Crippen LogP contribution in [0.15, 0.2) is 53.6 Å². The molecule has 1 amide bonds. The van der Waals surface area contributed by atoms with Crippen LogP contribution in [-0.4, -0.2) is 55.4 Å². The number of hydrogen-bond acceptors (Lipinski definition) is 5. The van der Waals surface area contributed by atoms with Crippen LogP contribution in [0.3, 0.4) is 0 Å². The summed E-state index contributed by atoms with van der Waals surface area (Å²) in [4.78, 5) is 15.5. The maximum absolute atomic E-state index is 13.2. The molecule has 0 unspecified atom stereocenters. The van der Waals surface area contributed by atoms with Gasteiger partial charge in [-0.1, -0.05) is 18.6 Å². The van der Waals surface area contributed by atoms with Crippen LogP contribution in [0.1, 0.15) is 42.9 Å². The van der Waals surface area contributed by atoms with E-state index in [1.54, 1.807) is 19.2 Å². The van der Waals surface area contributed by atoms with Crippen LogP contribution in [0.5, 0.6) is 11.5 Å². The third-order valence-corrected chi connectivity index (χ3v) is 5.90. The number of hydrogen-bond donors (Lipinski definition) is 0. The van der Waals surface area contributed by atoms with E-state index in [1.807, 2.05) is 48.5 Å². The zero-order valence-electron chi connectivity index (χ0n) is 17.7. The molecule has 2 aliphatic rings. The van der Waals surface area contributed by atoms with E-state index in [0.29, 0.717) is 13.0 Å². The number of nitrogens with zero attached hydrogens (tertiary/aromatic N) is 3. The van der Waals surface area contributed by atoms with Crippen LogP contribution in [0.4, 0.5) is 0 Å². The monoisotopic (exact) mass is 407 g/mol. The minimum absolute atomic E-state index is 0.0567. The van der Waals surface area contributed by atoms with Gasteiger partial charge in [0, 0.05) is 6.42 Å². The molecule has 0 N–H and O–H groups in total. The van der Waals surface area contributed by atoms with Gasteiger partial charge >= 0.3 is 0 Å². The molecule has 158 valence electrons. The van der Waals surface area contributed by atoms with E-state index in [4.69, 9.17) is 14.6 Å². The second-order valence-corrected chi connectivity index (χ2v) is 7.84. The summed E-state index contributed by atoms with van der Waals surface area (Å²) in [5.41, 5.74) is 3.00. The maximum atomic E-state index is 13.2. The molecule has 0 radical (unpaired) electrons. The van der Waals surface area contributed by atoms with E-state index in [0.717, 1.165) is 54.3 Å². The first kappa shape index (κ1) is 20.4. The van der Waals surface area contributed by atoms with E-state index in [9.17, 15) is 4.79 Å². The fourth-order valence-electron chi connectivity index (χ4n) is 4.17. The summed E-state index contributed by atoms with van der Waals surface area (Å²) >= 11 is 0. The molecule has 4 rings (SSSR count). The topological polar surface area (TPSA) is 54.4 Å². The lowest BCUT2D eigenvalue weighted by Crippen LogP contribution is -2.40. The van der Waals surface area contributed by atoms with Crippen LogP contribution in [0.25, 0.3) is 0 Å². The van der Waals surface area contributed by atoms with Gasteiger partial charge in [-0.05, 0) is 73.5 Å². The quantitative estimate of drug-likeness (QED) is 0.730. The minimum Gasteiger partial charge on any atom is -0.497 e. The van der Waals surface area contributed by atoms with Crippen molar-refractivity contribution in [3.63, 3.8) is 0 Å². The van der Waals surface area contributed by atoms with Gasteiger partial charge in [-0.25, -0.2) is 5.01 Å². The zero-order valence-corrected chi connectivity index (χ0v) is 17.7. The molecule has 2 aromatic rings. The molecule has 2 aliphatic heterocycles. The molecular weight excluding hydrogens is 378 g/mol. The third kappa shape index (κ3) is 4.49. The number of piperidine rings is 1. The molecule has 2 heterocycles. The highest BCUT2D eigenvalue weighted by molar-refractivity contribution is 6.03. The second-order valence-electron chi connectivity index (χ2n) is 7.84. The molecule has 1 saturated heterocycles. The fraction of sp³-hybridized carbons (Fsp3) is 0.417. The molecule has 6 heteroatoms. The van der Waals surface area contributed by atoms with E-state index in [1.165, 1.54) is 6.42 Å². The Morgan fingerprint density at radius 3 is 2.13 bits per heavy atom. The summed E-state index contributed by atoms with van der Waals surface area (Å²) in [7, 11) is 3.31. The molecule has 0 aliphatic carbocycles. The Balaban J connectivity index is 1.58. The lowest BCUT2D eigenvalue weighted by atomic mass is 9.98. The number of carbonyl (C=O) groups is 1. The summed E-state index contributed by atoms with van der Waals surface area (Å²) < 4.78 is 10.6. The summed E-state index contributed by atoms with van der Waals surface area (Å²) in [6.07, 6.45) is 4.26. The summed E-state index contributed by atoms with van der Waals surface area (Å²) in [5.74, 6) is 1.67. The summed E-state index contributed by atoms with van der Waals surface area (Å²) in [6.45, 7) is 2.40. The largest absolute Gasteiger partial charge is 0.497 e. The molecule has 0 aromatic heterocycles. The SMILES string of the molecule is COc1ccc(C2=NN(C(=O)CN3CCCCC3)[C@H](c3ccc(OC)cc3)C2)cc1. The Morgan fingerprint density at radius 2 is 1.53 bits per heavy atom. The van der Waals surface area contributed by atoms with Gasteiger partial charge < -0.3 is 9.47 Å². The van der Waals surface area contributed by atoms with E-state index >= 15 is 0 Å². The first-order chi connectivity index (χ1) is 14.7. The molecule has 0 spiro atoms. The predicted octanol–water partition coefficient (Wildman–Crippen LogP) is 3.87. The standard InChI is InChI=1S/C24H29N3O3/c1-29-20-10-6-18(7-11-20)22-16-23(19-8-12-21(30-2)13-9-19)27(25-22)24(28)17-26-14-4-3-5-15-26/h6-13,23H,3-5,14-17H2,1-2H3/t23-/m0/s1. The zero-order chi connectivity index (χ0) is 20.9. The van der Waals surface area contributed by atoms with Crippen LogP contribution in [-0.2, 0) is 4.79 Å². The van der Waals surface area contributed by atoms with Crippen molar-refractivity contribution in [1.29, 1.82) is 0 Å². The van der Waals surface area contributed by atoms with E-state index in [2.05, 4.69) is 4.90 Å². The van der Waals surface area contributed by atoms with Gasteiger partial charge in [0.15, 0.2) is 0 Å². The van der Waals surface area contributed by atoms with Crippen molar-refractivity contribution in [1.82, 2.24) is 9.91 Å². The Hall–Kier alpha value is -2.86. The number of ether oxygens (including phenoxy) is 2. The maximum Gasteiger partial charge on any atom is 0.257 e. The summed E-state index contributed by atoms with van der Waals surface area (Å²) in [5, 5.41) is 6.47. The number of rotatable bonds is 6. The van der Waals surface area contributed by atoms with Crippen molar-refractivity contribution < 1.29 is 14.3 Å². The summed E-state index contributed by atoms with van der Waals surface area (Å²) in [6, 6.07) is 15.7. The van der Waals surface area contributed by atoms with Crippen LogP contribution in [0.2, 0.25) is 0 Å². The number of carbonyl (C=O) groups excluding carboxylic acids is 1. The van der Waals surface area contributed by atoms with Crippen LogP contribution < -0.4 is 9.47 Å². The molecule has 0 bridgehead atoms. The number of methoxy groups -OCH3 is 2. The van der Waals surface area contributed by atoms with Crippen LogP contribution in [0, 0.1) is 0 Å². The average molecular weight is 408 g/mol. The van der Waals surface area contributed by atoms with E-state index in [-0.39, 0.29) is 11.9 Å². The lowest BCUT2D eigenvalue weighted by Gasteiger charge is -2.29. The number of likely N-dealkylation sites (tertiary alicyclic amines) is 1. The van der Waals surface area contributed by atoms with Gasteiger partial charge in [-0.3, -0.25) is 9.69 Å². The molecule has 1 atom stereocenters. The smallest absolute Gasteiger partial charge is 0.257 e. The molecular formula is C24H29N3O3. The van der Waals surface area contributed by atoms with Gasteiger partial charge in [0.1, 0.15) is 11.5 Å². The number of amides is 1. The molecule has 1 fully saturated rings. The van der Waals surface area contributed by atoms with Gasteiger partial charge in [-0.2, -0.15) is 5.10 Å². The minimum atomic E-state index is -0.106. The predicted molar refractivity (Wildman–Crippen MR) is 117 cm³/mol. The first-order valence-corrected chi connectivity index (χ1v) is 10.6. The fourth-order valence-corrected chi connectivity index (χ4v) is 4.17. The van der Waals surface area contributed by atoms with Crippen molar-refractivity contribution in [3.05, 3.63) is 59.7 Å². The highest BCUT2D eigenvalue weighted by atomic mass is 16.5. The van der Waals surface area contributed by atoms with E-state index < -0.39 is 0 Å².